The van der Waals surface area contributed by atoms with Crippen LogP contribution in [0, 0.1) is 29.4 Å². The Morgan fingerprint density at radius 1 is 0.814 bits per heavy atom. The highest BCUT2D eigenvalue weighted by atomic mass is 19.4. The molecule has 2 aliphatic carbocycles. The minimum atomic E-state index is -5.31. The molecule has 4 rings (SSSR count). The van der Waals surface area contributed by atoms with Gasteiger partial charge in [-0.2, -0.15) is 22.0 Å². The predicted octanol–water partition coefficient (Wildman–Crippen LogP) is 11.3. The Morgan fingerprint density at radius 3 is 1.95 bits per heavy atom. The van der Waals surface area contributed by atoms with Crippen LogP contribution in [0.1, 0.15) is 106 Å². The largest absolute Gasteiger partial charge is 0.444 e. The van der Waals surface area contributed by atoms with E-state index in [2.05, 4.69) is 28.5 Å². The summed E-state index contributed by atoms with van der Waals surface area (Å²) in [6, 6.07) is 2.78. The van der Waals surface area contributed by atoms with Gasteiger partial charge in [0.1, 0.15) is 22.9 Å². The van der Waals surface area contributed by atoms with Crippen molar-refractivity contribution in [2.24, 2.45) is 17.8 Å². The zero-order chi connectivity index (χ0) is 31.0. The molecule has 0 saturated heterocycles. The van der Waals surface area contributed by atoms with E-state index in [1.807, 2.05) is 6.08 Å². The number of benzene rings is 1. The van der Waals surface area contributed by atoms with Gasteiger partial charge in [-0.15, -0.1) is 6.58 Å². The van der Waals surface area contributed by atoms with Crippen molar-refractivity contribution in [2.45, 2.75) is 102 Å². The molecule has 2 saturated carbocycles. The quantitative estimate of drug-likeness (QED) is 0.135. The monoisotopic (exact) mass is 611 g/mol. The van der Waals surface area contributed by atoms with Crippen LogP contribution in [0.2, 0.25) is 0 Å². The van der Waals surface area contributed by atoms with Crippen LogP contribution < -0.4 is 4.74 Å². The molecule has 1 aromatic heterocycles. The maximum Gasteiger partial charge on any atom is 0.444 e. The van der Waals surface area contributed by atoms with E-state index in [1.165, 1.54) is 63.6 Å². The second-order valence-corrected chi connectivity index (χ2v) is 12.1. The van der Waals surface area contributed by atoms with Crippen molar-refractivity contribution in [2.75, 3.05) is 0 Å². The number of alkyl halides is 5. The molecule has 0 spiro atoms. The molecule has 0 unspecified atom stereocenters. The van der Waals surface area contributed by atoms with Crippen LogP contribution in [-0.4, -0.2) is 4.98 Å². The number of rotatable bonds is 12. The third-order valence-corrected chi connectivity index (χ3v) is 8.94. The SMILES string of the molecule is C=CCCCCCC1CCC(/C=C/C2CCC(c3ccc(C(F)(F)Oc4cc(F)c(C(F)(F)F)c(F)c4)nc3)CC2)CC1. The van der Waals surface area contributed by atoms with Crippen molar-refractivity contribution in [3.05, 3.63) is 83.7 Å². The number of allylic oxidation sites excluding steroid dienone is 3. The molecular formula is C34H40F7NO. The Labute approximate surface area is 249 Å². The summed E-state index contributed by atoms with van der Waals surface area (Å²) in [6.45, 7) is 3.78. The van der Waals surface area contributed by atoms with Crippen LogP contribution in [-0.2, 0) is 12.3 Å². The summed E-state index contributed by atoms with van der Waals surface area (Å²) in [7, 11) is 0. The molecule has 0 aliphatic heterocycles. The fourth-order valence-electron chi connectivity index (χ4n) is 6.43. The fourth-order valence-corrected chi connectivity index (χ4v) is 6.43. The highest BCUT2D eigenvalue weighted by molar-refractivity contribution is 5.33. The topological polar surface area (TPSA) is 22.1 Å². The van der Waals surface area contributed by atoms with E-state index in [1.54, 1.807) is 0 Å². The molecular weight excluding hydrogens is 571 g/mol. The lowest BCUT2D eigenvalue weighted by molar-refractivity contribution is -0.188. The van der Waals surface area contributed by atoms with Crippen LogP contribution in [0.3, 0.4) is 0 Å². The van der Waals surface area contributed by atoms with Crippen LogP contribution in [0.15, 0.2) is 55.3 Å². The minimum Gasteiger partial charge on any atom is -0.428 e. The number of pyridine rings is 1. The first kappa shape index (κ1) is 33.1. The summed E-state index contributed by atoms with van der Waals surface area (Å²) in [5.41, 5.74) is -2.16. The van der Waals surface area contributed by atoms with E-state index < -0.39 is 40.9 Å². The van der Waals surface area contributed by atoms with Crippen molar-refractivity contribution in [1.29, 1.82) is 0 Å². The Morgan fingerprint density at radius 2 is 1.42 bits per heavy atom. The molecule has 2 nitrogen and oxygen atoms in total. The molecule has 2 aliphatic rings. The first-order chi connectivity index (χ1) is 20.5. The van der Waals surface area contributed by atoms with Gasteiger partial charge in [-0.1, -0.05) is 43.6 Å². The molecule has 1 heterocycles. The van der Waals surface area contributed by atoms with E-state index in [0.717, 1.165) is 49.7 Å². The van der Waals surface area contributed by atoms with E-state index in [0.29, 0.717) is 11.8 Å². The van der Waals surface area contributed by atoms with Gasteiger partial charge in [0.2, 0.25) is 0 Å². The van der Waals surface area contributed by atoms with E-state index in [-0.39, 0.29) is 18.1 Å². The standard InChI is InChI=1S/C34H40F7NO/c1-2-3-4-5-6-7-23-8-10-24(11-9-23)12-13-25-14-16-26(17-15-25)27-18-19-31(42-22-27)34(40,41)43-28-20-29(35)32(30(36)21-28)33(37,38)39/h2,12-13,18-26H,1,3-11,14-17H2/b13-12+. The fraction of sp³-hybridized carbons (Fsp3) is 0.559. The maximum absolute atomic E-state index is 14.7. The highest BCUT2D eigenvalue weighted by Crippen LogP contribution is 2.40. The second-order valence-electron chi connectivity index (χ2n) is 12.1. The number of ether oxygens (including phenoxy) is 1. The zero-order valence-corrected chi connectivity index (χ0v) is 24.3. The molecule has 0 N–H and O–H groups in total. The first-order valence-electron chi connectivity index (χ1n) is 15.3. The second kappa shape index (κ2) is 14.8. The van der Waals surface area contributed by atoms with Crippen molar-refractivity contribution in [3.63, 3.8) is 0 Å². The van der Waals surface area contributed by atoms with Crippen molar-refractivity contribution >= 4 is 0 Å². The molecule has 43 heavy (non-hydrogen) atoms. The minimum absolute atomic E-state index is 0.0834. The Hall–Kier alpha value is -2.84. The van der Waals surface area contributed by atoms with Gasteiger partial charge in [-0.3, -0.25) is 4.98 Å². The summed E-state index contributed by atoms with van der Waals surface area (Å²) in [6.07, 6.45) is 14.0. The van der Waals surface area contributed by atoms with Crippen LogP contribution in [0.25, 0.3) is 0 Å². The molecule has 1 aromatic carbocycles. The summed E-state index contributed by atoms with van der Waals surface area (Å²) < 4.78 is 99.5. The van der Waals surface area contributed by atoms with Gasteiger partial charge in [0, 0.05) is 18.3 Å². The lowest BCUT2D eigenvalue weighted by Gasteiger charge is -2.29. The van der Waals surface area contributed by atoms with E-state index in [4.69, 9.17) is 0 Å². The lowest BCUT2D eigenvalue weighted by Crippen LogP contribution is -2.24. The number of unbranched alkanes of at least 4 members (excludes halogenated alkanes) is 3. The van der Waals surface area contributed by atoms with Gasteiger partial charge in [0.05, 0.1) is 0 Å². The van der Waals surface area contributed by atoms with Gasteiger partial charge < -0.3 is 4.74 Å². The Bertz CT molecular complexity index is 1190. The molecule has 2 fully saturated rings. The number of hydrogen-bond donors (Lipinski definition) is 0. The van der Waals surface area contributed by atoms with Crippen LogP contribution in [0.5, 0.6) is 5.75 Å². The molecule has 236 valence electrons. The average Bonchev–Trinajstić information content (AvgIpc) is 2.95. The summed E-state index contributed by atoms with van der Waals surface area (Å²) in [4.78, 5) is 3.82. The van der Waals surface area contributed by atoms with Crippen LogP contribution >= 0.6 is 0 Å². The number of hydrogen-bond acceptors (Lipinski definition) is 2. The third kappa shape index (κ3) is 9.32. The number of aromatic nitrogens is 1. The molecule has 2 aromatic rings. The Balaban J connectivity index is 1.23. The van der Waals surface area contributed by atoms with Gasteiger partial charge in [-0.25, -0.2) is 8.78 Å². The first-order valence-corrected chi connectivity index (χ1v) is 15.3. The van der Waals surface area contributed by atoms with Gasteiger partial charge >= 0.3 is 12.3 Å². The lowest BCUT2D eigenvalue weighted by atomic mass is 9.77. The van der Waals surface area contributed by atoms with E-state index >= 15 is 0 Å². The van der Waals surface area contributed by atoms with Gasteiger partial charge in [-0.05, 0) is 99.5 Å². The van der Waals surface area contributed by atoms with E-state index in [9.17, 15) is 30.7 Å². The number of halogens is 7. The molecule has 9 heteroatoms. The highest BCUT2D eigenvalue weighted by Gasteiger charge is 2.40. The van der Waals surface area contributed by atoms with Gasteiger partial charge in [0.25, 0.3) is 0 Å². The predicted molar refractivity (Wildman–Crippen MR) is 153 cm³/mol. The van der Waals surface area contributed by atoms with Crippen molar-refractivity contribution in [3.8, 4) is 5.75 Å². The van der Waals surface area contributed by atoms with Crippen molar-refractivity contribution in [1.82, 2.24) is 4.98 Å². The van der Waals surface area contributed by atoms with Crippen LogP contribution in [0.4, 0.5) is 30.7 Å². The molecule has 0 atom stereocenters. The smallest absolute Gasteiger partial charge is 0.428 e. The summed E-state index contributed by atoms with van der Waals surface area (Å²) in [5, 5.41) is 0. The third-order valence-electron chi connectivity index (χ3n) is 8.94. The maximum atomic E-state index is 14.7. The average molecular weight is 612 g/mol. The zero-order valence-electron chi connectivity index (χ0n) is 24.3. The summed E-state index contributed by atoms with van der Waals surface area (Å²) >= 11 is 0. The molecule has 0 amide bonds. The molecule has 0 radical (unpaired) electrons. The van der Waals surface area contributed by atoms with Gasteiger partial charge in [0.15, 0.2) is 5.69 Å². The van der Waals surface area contributed by atoms with Crippen molar-refractivity contribution < 1.29 is 35.5 Å². The Kier molecular flexibility index (Phi) is 11.3. The normalized spacial score (nSPS) is 23.4. The number of nitrogens with zero attached hydrogens (tertiary/aromatic N) is 1. The molecule has 0 bridgehead atoms. The summed E-state index contributed by atoms with van der Waals surface area (Å²) in [5.74, 6) is -2.94.